The Hall–Kier alpha value is -0.330. The van der Waals surface area contributed by atoms with Gasteiger partial charge >= 0.3 is 0 Å². The molecule has 0 saturated carbocycles. The maximum absolute atomic E-state index is 9.99. The van der Waals surface area contributed by atoms with Gasteiger partial charge in [0.2, 0.25) is 0 Å². The van der Waals surface area contributed by atoms with Crippen molar-refractivity contribution in [3.05, 3.63) is 0 Å². The minimum Gasteiger partial charge on any atom is -0.303 e. The summed E-state index contributed by atoms with van der Waals surface area (Å²) >= 11 is 0. The summed E-state index contributed by atoms with van der Waals surface area (Å²) in [5.74, 6) is 0.890. The highest BCUT2D eigenvalue weighted by Gasteiger charge is 2.01. The van der Waals surface area contributed by atoms with E-state index in [4.69, 9.17) is 0 Å². The van der Waals surface area contributed by atoms with Gasteiger partial charge in [0.05, 0.1) is 0 Å². The van der Waals surface area contributed by atoms with Gasteiger partial charge in [0, 0.05) is 6.42 Å². The Bertz CT molecular complexity index is 84.9. The van der Waals surface area contributed by atoms with Crippen molar-refractivity contribution in [3.63, 3.8) is 0 Å². The summed E-state index contributed by atoms with van der Waals surface area (Å²) in [6.45, 7) is 4.49. The van der Waals surface area contributed by atoms with E-state index in [-0.39, 0.29) is 0 Å². The van der Waals surface area contributed by atoms with Crippen LogP contribution < -0.4 is 0 Å². The average Bonchev–Trinajstić information content (AvgIpc) is 2.05. The van der Waals surface area contributed by atoms with Gasteiger partial charge in [0.15, 0.2) is 0 Å². The summed E-state index contributed by atoms with van der Waals surface area (Å²) in [7, 11) is 0. The summed E-state index contributed by atoms with van der Waals surface area (Å²) in [5.41, 5.74) is 0. The molecule has 0 radical (unpaired) electrons. The van der Waals surface area contributed by atoms with Gasteiger partial charge in [-0.2, -0.15) is 0 Å². The van der Waals surface area contributed by atoms with E-state index in [1.54, 1.807) is 0 Å². The Morgan fingerprint density at radius 3 is 2.27 bits per heavy atom. The number of hydrogen-bond donors (Lipinski definition) is 0. The first-order valence-electron chi connectivity index (χ1n) is 4.78. The standard InChI is InChI=1S/C10H20O/c1-3-10(4-2)8-6-5-7-9-11/h9-10H,3-8H2,1-2H3. The molecule has 1 nitrogen and oxygen atoms in total. The van der Waals surface area contributed by atoms with Crippen LogP contribution in [-0.2, 0) is 4.79 Å². The molecule has 0 spiro atoms. The van der Waals surface area contributed by atoms with Crippen molar-refractivity contribution >= 4 is 6.29 Å². The zero-order valence-corrected chi connectivity index (χ0v) is 7.81. The lowest BCUT2D eigenvalue weighted by molar-refractivity contribution is -0.107. The quantitative estimate of drug-likeness (QED) is 0.408. The molecule has 0 aromatic heterocycles. The normalized spacial score (nSPS) is 10.5. The summed E-state index contributed by atoms with van der Waals surface area (Å²) in [5, 5.41) is 0. The van der Waals surface area contributed by atoms with Crippen molar-refractivity contribution in [2.75, 3.05) is 0 Å². The van der Waals surface area contributed by atoms with Crippen molar-refractivity contribution in [2.24, 2.45) is 5.92 Å². The van der Waals surface area contributed by atoms with Gasteiger partial charge in [0.1, 0.15) is 6.29 Å². The molecule has 66 valence electrons. The fraction of sp³-hybridized carbons (Fsp3) is 0.900. The molecule has 0 aliphatic rings. The Morgan fingerprint density at radius 2 is 1.82 bits per heavy atom. The van der Waals surface area contributed by atoms with E-state index >= 15 is 0 Å². The molecule has 0 heterocycles. The van der Waals surface area contributed by atoms with Crippen LogP contribution in [0.5, 0.6) is 0 Å². The minimum absolute atomic E-state index is 0.750. The lowest BCUT2D eigenvalue weighted by Crippen LogP contribution is -1.96. The number of aldehydes is 1. The number of hydrogen-bond acceptors (Lipinski definition) is 1. The Balaban J connectivity index is 3.13. The van der Waals surface area contributed by atoms with Gasteiger partial charge in [-0.05, 0) is 12.3 Å². The van der Waals surface area contributed by atoms with E-state index in [2.05, 4.69) is 13.8 Å². The van der Waals surface area contributed by atoms with Crippen LogP contribution in [0.2, 0.25) is 0 Å². The first kappa shape index (κ1) is 10.7. The third-order valence-corrected chi connectivity index (χ3v) is 2.34. The van der Waals surface area contributed by atoms with Crippen LogP contribution in [0, 0.1) is 5.92 Å². The maximum atomic E-state index is 9.99. The van der Waals surface area contributed by atoms with Crippen LogP contribution in [-0.4, -0.2) is 6.29 Å². The summed E-state index contributed by atoms with van der Waals surface area (Å²) < 4.78 is 0. The lowest BCUT2D eigenvalue weighted by Gasteiger charge is -2.10. The molecule has 0 aromatic carbocycles. The van der Waals surface area contributed by atoms with E-state index in [0.29, 0.717) is 0 Å². The average molecular weight is 156 g/mol. The number of rotatable bonds is 7. The van der Waals surface area contributed by atoms with E-state index in [1.807, 2.05) is 0 Å². The van der Waals surface area contributed by atoms with Gasteiger partial charge in [-0.3, -0.25) is 0 Å². The Labute approximate surface area is 70.2 Å². The van der Waals surface area contributed by atoms with E-state index in [0.717, 1.165) is 25.0 Å². The second-order valence-electron chi connectivity index (χ2n) is 3.13. The molecule has 0 unspecified atom stereocenters. The van der Waals surface area contributed by atoms with Gasteiger partial charge in [0.25, 0.3) is 0 Å². The summed E-state index contributed by atoms with van der Waals surface area (Å²) in [4.78, 5) is 9.99. The molecule has 0 rings (SSSR count). The Morgan fingerprint density at radius 1 is 1.18 bits per heavy atom. The highest BCUT2D eigenvalue weighted by molar-refractivity contribution is 5.48. The predicted molar refractivity (Wildman–Crippen MR) is 48.6 cm³/mol. The molecule has 0 amide bonds. The van der Waals surface area contributed by atoms with Crippen LogP contribution in [0.15, 0.2) is 0 Å². The van der Waals surface area contributed by atoms with Crippen molar-refractivity contribution in [2.45, 2.75) is 52.4 Å². The van der Waals surface area contributed by atoms with Crippen molar-refractivity contribution < 1.29 is 4.79 Å². The number of unbranched alkanes of at least 4 members (excludes halogenated alkanes) is 2. The molecule has 0 atom stereocenters. The topological polar surface area (TPSA) is 17.1 Å². The van der Waals surface area contributed by atoms with Gasteiger partial charge in [-0.25, -0.2) is 0 Å². The highest BCUT2D eigenvalue weighted by atomic mass is 16.1. The summed E-state index contributed by atoms with van der Waals surface area (Å²) in [6, 6.07) is 0. The van der Waals surface area contributed by atoms with Crippen LogP contribution in [0.3, 0.4) is 0 Å². The minimum atomic E-state index is 0.750. The zero-order valence-electron chi connectivity index (χ0n) is 7.81. The SMILES string of the molecule is CCC(CC)CCCCC=O. The molecule has 0 fully saturated rings. The maximum Gasteiger partial charge on any atom is 0.119 e. The lowest BCUT2D eigenvalue weighted by atomic mass is 9.96. The smallest absolute Gasteiger partial charge is 0.119 e. The molecule has 0 aromatic rings. The molecular formula is C10H20O. The predicted octanol–water partition coefficient (Wildman–Crippen LogP) is 3.18. The molecule has 0 N–H and O–H groups in total. The zero-order chi connectivity index (χ0) is 8.53. The van der Waals surface area contributed by atoms with Crippen LogP contribution >= 0.6 is 0 Å². The third kappa shape index (κ3) is 6.08. The molecule has 0 saturated heterocycles. The number of carbonyl (C=O) groups is 1. The molecule has 0 aliphatic carbocycles. The summed E-state index contributed by atoms with van der Waals surface area (Å²) in [6.07, 6.45) is 7.97. The van der Waals surface area contributed by atoms with Crippen molar-refractivity contribution in [1.82, 2.24) is 0 Å². The molecule has 1 heteroatoms. The highest BCUT2D eigenvalue weighted by Crippen LogP contribution is 2.15. The first-order chi connectivity index (χ1) is 5.35. The second-order valence-corrected chi connectivity index (χ2v) is 3.13. The molecule has 11 heavy (non-hydrogen) atoms. The molecular weight excluding hydrogens is 136 g/mol. The van der Waals surface area contributed by atoms with E-state index in [9.17, 15) is 4.79 Å². The largest absolute Gasteiger partial charge is 0.303 e. The van der Waals surface area contributed by atoms with Crippen LogP contribution in [0.25, 0.3) is 0 Å². The monoisotopic (exact) mass is 156 g/mol. The van der Waals surface area contributed by atoms with Gasteiger partial charge in [-0.15, -0.1) is 0 Å². The fourth-order valence-corrected chi connectivity index (χ4v) is 1.36. The first-order valence-corrected chi connectivity index (χ1v) is 4.78. The van der Waals surface area contributed by atoms with Crippen molar-refractivity contribution in [1.29, 1.82) is 0 Å². The van der Waals surface area contributed by atoms with E-state index in [1.165, 1.54) is 25.7 Å². The second kappa shape index (κ2) is 7.77. The molecule has 0 bridgehead atoms. The Kier molecular flexibility index (Phi) is 7.54. The van der Waals surface area contributed by atoms with Crippen molar-refractivity contribution in [3.8, 4) is 0 Å². The van der Waals surface area contributed by atoms with Crippen LogP contribution in [0.1, 0.15) is 52.4 Å². The van der Waals surface area contributed by atoms with Crippen LogP contribution in [0.4, 0.5) is 0 Å². The fourth-order valence-electron chi connectivity index (χ4n) is 1.36. The number of carbonyl (C=O) groups excluding carboxylic acids is 1. The van der Waals surface area contributed by atoms with Gasteiger partial charge < -0.3 is 4.79 Å². The third-order valence-electron chi connectivity index (χ3n) is 2.34. The van der Waals surface area contributed by atoms with Gasteiger partial charge in [-0.1, -0.05) is 39.5 Å². The van der Waals surface area contributed by atoms with E-state index < -0.39 is 0 Å². The molecule has 0 aliphatic heterocycles.